The summed E-state index contributed by atoms with van der Waals surface area (Å²) in [5.74, 6) is 0. The highest BCUT2D eigenvalue weighted by Crippen LogP contribution is 2.22. The lowest BCUT2D eigenvalue weighted by molar-refractivity contribution is 0.399. The number of nitrogens with zero attached hydrogens (tertiary/aromatic N) is 2. The van der Waals surface area contributed by atoms with Crippen LogP contribution in [0.3, 0.4) is 0 Å². The lowest BCUT2D eigenvalue weighted by Crippen LogP contribution is -2.47. The van der Waals surface area contributed by atoms with Gasteiger partial charge in [-0.25, -0.2) is 0 Å². The van der Waals surface area contributed by atoms with Gasteiger partial charge >= 0.3 is 0 Å². The Morgan fingerprint density at radius 1 is 1.57 bits per heavy atom. The standard InChI is InChI=1S/C7H15N3O2S2/c1-9(2)14(11,12)10-5-3-4-6(10)7(8)13/h6H,3-5H2,1-2H3,(H2,8,13). The van der Waals surface area contributed by atoms with E-state index in [1.807, 2.05) is 0 Å². The van der Waals surface area contributed by atoms with E-state index in [0.29, 0.717) is 6.54 Å². The fourth-order valence-corrected chi connectivity index (χ4v) is 3.14. The molecule has 1 aliphatic rings. The Balaban J connectivity index is 2.93. The lowest BCUT2D eigenvalue weighted by atomic mass is 10.2. The average molecular weight is 237 g/mol. The Kier molecular flexibility index (Phi) is 3.46. The fraction of sp³-hybridized carbons (Fsp3) is 0.857. The molecule has 0 aliphatic carbocycles. The minimum atomic E-state index is -3.37. The van der Waals surface area contributed by atoms with Crippen LogP contribution < -0.4 is 5.73 Å². The molecule has 0 aromatic rings. The van der Waals surface area contributed by atoms with E-state index in [1.165, 1.54) is 22.7 Å². The molecule has 5 nitrogen and oxygen atoms in total. The molecule has 7 heteroatoms. The van der Waals surface area contributed by atoms with E-state index in [9.17, 15) is 8.42 Å². The van der Waals surface area contributed by atoms with Crippen molar-refractivity contribution in [3.63, 3.8) is 0 Å². The third-order valence-electron chi connectivity index (χ3n) is 2.29. The first-order valence-corrected chi connectivity index (χ1v) is 6.16. The van der Waals surface area contributed by atoms with E-state index >= 15 is 0 Å². The predicted molar refractivity (Wildman–Crippen MR) is 59.1 cm³/mol. The minimum Gasteiger partial charge on any atom is -0.392 e. The predicted octanol–water partition coefficient (Wildman–Crippen LogP) is -0.457. The van der Waals surface area contributed by atoms with Crippen molar-refractivity contribution >= 4 is 27.4 Å². The zero-order valence-corrected chi connectivity index (χ0v) is 9.94. The Bertz CT molecular complexity index is 326. The van der Waals surface area contributed by atoms with Gasteiger partial charge in [0, 0.05) is 20.6 Å². The van der Waals surface area contributed by atoms with Gasteiger partial charge in [0.2, 0.25) is 0 Å². The van der Waals surface area contributed by atoms with Gasteiger partial charge in [-0.3, -0.25) is 0 Å². The molecule has 0 aromatic carbocycles. The first kappa shape index (κ1) is 11.8. The zero-order valence-electron chi connectivity index (χ0n) is 8.30. The van der Waals surface area contributed by atoms with Crippen LogP contribution in [0.1, 0.15) is 12.8 Å². The number of rotatable bonds is 3. The maximum absolute atomic E-state index is 11.8. The maximum Gasteiger partial charge on any atom is 0.282 e. The fourth-order valence-electron chi connectivity index (χ4n) is 1.51. The second-order valence-corrected chi connectivity index (χ2v) is 6.03. The van der Waals surface area contributed by atoms with Gasteiger partial charge in [0.25, 0.3) is 10.2 Å². The van der Waals surface area contributed by atoms with Crippen LogP contribution in [0, 0.1) is 0 Å². The highest BCUT2D eigenvalue weighted by molar-refractivity contribution is 7.87. The van der Waals surface area contributed by atoms with Gasteiger partial charge in [-0.05, 0) is 12.8 Å². The molecule has 0 bridgehead atoms. The van der Waals surface area contributed by atoms with Crippen LogP contribution in [0.5, 0.6) is 0 Å². The number of nitrogens with two attached hydrogens (primary N) is 1. The smallest absolute Gasteiger partial charge is 0.282 e. The second-order valence-electron chi connectivity index (χ2n) is 3.46. The maximum atomic E-state index is 11.8. The first-order chi connectivity index (χ1) is 6.37. The molecule has 0 amide bonds. The summed E-state index contributed by atoms with van der Waals surface area (Å²) in [7, 11) is -0.363. The third kappa shape index (κ3) is 2.05. The monoisotopic (exact) mass is 237 g/mol. The highest BCUT2D eigenvalue weighted by Gasteiger charge is 2.36. The molecule has 0 radical (unpaired) electrons. The van der Waals surface area contributed by atoms with E-state index in [1.54, 1.807) is 0 Å². The van der Waals surface area contributed by atoms with Gasteiger partial charge in [-0.1, -0.05) is 12.2 Å². The summed E-state index contributed by atoms with van der Waals surface area (Å²) in [4.78, 5) is 0.257. The van der Waals surface area contributed by atoms with Crippen LogP contribution in [0.15, 0.2) is 0 Å². The van der Waals surface area contributed by atoms with Crippen molar-refractivity contribution in [3.8, 4) is 0 Å². The van der Waals surface area contributed by atoms with Crippen molar-refractivity contribution in [2.24, 2.45) is 5.73 Å². The van der Waals surface area contributed by atoms with Crippen molar-refractivity contribution in [1.82, 2.24) is 8.61 Å². The lowest BCUT2D eigenvalue weighted by Gasteiger charge is -2.25. The van der Waals surface area contributed by atoms with Crippen LogP contribution in [0.4, 0.5) is 0 Å². The van der Waals surface area contributed by atoms with Crippen LogP contribution >= 0.6 is 12.2 Å². The largest absolute Gasteiger partial charge is 0.392 e. The van der Waals surface area contributed by atoms with Gasteiger partial charge in [-0.2, -0.15) is 17.0 Å². The Labute approximate surface area is 90.0 Å². The summed E-state index contributed by atoms with van der Waals surface area (Å²) in [5, 5.41) is 0. The van der Waals surface area contributed by atoms with Crippen LogP contribution in [0.25, 0.3) is 0 Å². The SMILES string of the molecule is CN(C)S(=O)(=O)N1CCCC1C(N)=S. The Morgan fingerprint density at radius 3 is 2.57 bits per heavy atom. The summed E-state index contributed by atoms with van der Waals surface area (Å²) in [6, 6.07) is -0.308. The second kappa shape index (κ2) is 4.09. The molecule has 1 fully saturated rings. The van der Waals surface area contributed by atoms with E-state index in [0.717, 1.165) is 12.8 Å². The van der Waals surface area contributed by atoms with Gasteiger partial charge in [0.1, 0.15) is 0 Å². The Hall–Kier alpha value is -0.240. The normalized spacial score (nSPS) is 24.4. The molecule has 14 heavy (non-hydrogen) atoms. The summed E-state index contributed by atoms with van der Waals surface area (Å²) >= 11 is 4.84. The molecular formula is C7H15N3O2S2. The highest BCUT2D eigenvalue weighted by atomic mass is 32.2. The molecule has 82 valence electrons. The van der Waals surface area contributed by atoms with E-state index in [-0.39, 0.29) is 11.0 Å². The summed E-state index contributed by atoms with van der Waals surface area (Å²) < 4.78 is 26.1. The number of hydrogen-bond donors (Lipinski definition) is 1. The molecule has 1 rings (SSSR count). The van der Waals surface area contributed by atoms with Crippen molar-refractivity contribution in [2.45, 2.75) is 18.9 Å². The van der Waals surface area contributed by atoms with Crippen molar-refractivity contribution < 1.29 is 8.42 Å². The average Bonchev–Trinajstić information content (AvgIpc) is 2.51. The van der Waals surface area contributed by atoms with Gasteiger partial charge in [0.05, 0.1) is 11.0 Å². The molecule has 1 atom stereocenters. The molecule has 1 aliphatic heterocycles. The topological polar surface area (TPSA) is 66.6 Å². The summed E-state index contributed by atoms with van der Waals surface area (Å²) in [6.45, 7) is 0.503. The van der Waals surface area contributed by atoms with Gasteiger partial charge in [-0.15, -0.1) is 0 Å². The first-order valence-electron chi connectivity index (χ1n) is 4.36. The number of hydrogen-bond acceptors (Lipinski definition) is 3. The number of thiocarbonyl (C=S) groups is 1. The molecule has 0 aromatic heterocycles. The van der Waals surface area contributed by atoms with Crippen molar-refractivity contribution in [3.05, 3.63) is 0 Å². The molecule has 0 spiro atoms. The van der Waals surface area contributed by atoms with Crippen molar-refractivity contribution in [1.29, 1.82) is 0 Å². The van der Waals surface area contributed by atoms with E-state index in [2.05, 4.69) is 0 Å². The van der Waals surface area contributed by atoms with Gasteiger partial charge < -0.3 is 5.73 Å². The minimum absolute atomic E-state index is 0.257. The van der Waals surface area contributed by atoms with E-state index < -0.39 is 10.2 Å². The molecule has 1 saturated heterocycles. The molecule has 2 N–H and O–H groups in total. The Morgan fingerprint density at radius 2 is 2.14 bits per heavy atom. The van der Waals surface area contributed by atoms with Crippen molar-refractivity contribution in [2.75, 3.05) is 20.6 Å². The summed E-state index contributed by atoms with van der Waals surface area (Å²) in [5.41, 5.74) is 5.49. The zero-order chi connectivity index (χ0) is 10.9. The molecule has 1 unspecified atom stereocenters. The van der Waals surface area contributed by atoms with Gasteiger partial charge in [0.15, 0.2) is 0 Å². The molecule has 0 saturated carbocycles. The van der Waals surface area contributed by atoms with Crippen LogP contribution in [-0.2, 0) is 10.2 Å². The molecular weight excluding hydrogens is 222 g/mol. The summed E-state index contributed by atoms with van der Waals surface area (Å²) in [6.07, 6.45) is 1.54. The van der Waals surface area contributed by atoms with E-state index in [4.69, 9.17) is 18.0 Å². The third-order valence-corrected chi connectivity index (χ3v) is 4.51. The molecule has 1 heterocycles. The van der Waals surface area contributed by atoms with Crippen LogP contribution in [0.2, 0.25) is 0 Å². The quantitative estimate of drug-likeness (QED) is 0.675. The van der Waals surface area contributed by atoms with Crippen LogP contribution in [-0.4, -0.2) is 48.7 Å².